The van der Waals surface area contributed by atoms with Gasteiger partial charge in [0.1, 0.15) is 5.75 Å². The molecule has 1 saturated heterocycles. The van der Waals surface area contributed by atoms with Gasteiger partial charge in [0.05, 0.1) is 13.7 Å². The summed E-state index contributed by atoms with van der Waals surface area (Å²) < 4.78 is 5.31. The average Bonchev–Trinajstić information content (AvgIpc) is 3.01. The number of hydrogen-bond acceptors (Lipinski definition) is 4. The van der Waals surface area contributed by atoms with Crippen LogP contribution in [0.2, 0.25) is 5.02 Å². The summed E-state index contributed by atoms with van der Waals surface area (Å²) in [6.07, 6.45) is 0. The molecular weight excluding hydrogens is 385 g/mol. The first-order valence-electron chi connectivity index (χ1n) is 8.69. The molecule has 3 N–H and O–H groups in total. The van der Waals surface area contributed by atoms with E-state index in [-0.39, 0.29) is 30.3 Å². The van der Waals surface area contributed by atoms with Crippen molar-refractivity contribution < 1.29 is 9.53 Å². The maximum Gasteiger partial charge on any atom is 0.234 e. The summed E-state index contributed by atoms with van der Waals surface area (Å²) in [4.78, 5) is 14.4. The van der Waals surface area contributed by atoms with Gasteiger partial charge in [-0.2, -0.15) is 0 Å². The zero-order valence-corrected chi connectivity index (χ0v) is 16.8. The van der Waals surface area contributed by atoms with Crippen molar-refractivity contribution in [3.05, 3.63) is 64.7 Å². The van der Waals surface area contributed by atoms with Gasteiger partial charge in [0.25, 0.3) is 0 Å². The summed E-state index contributed by atoms with van der Waals surface area (Å²) >= 11 is 6.03. The summed E-state index contributed by atoms with van der Waals surface area (Å²) in [7, 11) is 1.60. The molecule has 1 aliphatic rings. The van der Waals surface area contributed by atoms with Gasteiger partial charge in [0.2, 0.25) is 5.91 Å². The molecule has 7 heteroatoms. The van der Waals surface area contributed by atoms with Crippen LogP contribution in [0.4, 0.5) is 0 Å². The molecule has 0 aliphatic carbocycles. The highest BCUT2D eigenvalue weighted by atomic mass is 35.5. The van der Waals surface area contributed by atoms with E-state index in [1.807, 2.05) is 18.2 Å². The fraction of sp³-hybridized carbons (Fsp3) is 0.350. The van der Waals surface area contributed by atoms with Crippen LogP contribution < -0.4 is 15.8 Å². The third-order valence-corrected chi connectivity index (χ3v) is 4.99. The number of ether oxygens (including phenoxy) is 1. The highest BCUT2D eigenvalue weighted by Crippen LogP contribution is 2.26. The molecule has 1 fully saturated rings. The number of hydrogen-bond donors (Lipinski definition) is 2. The Labute approximate surface area is 171 Å². The number of nitrogens with two attached hydrogens (primary N) is 1. The van der Waals surface area contributed by atoms with E-state index in [0.717, 1.165) is 12.1 Å². The zero-order chi connectivity index (χ0) is 18.5. The molecule has 1 heterocycles. The van der Waals surface area contributed by atoms with E-state index in [2.05, 4.69) is 22.3 Å². The van der Waals surface area contributed by atoms with Crippen LogP contribution >= 0.6 is 24.0 Å². The maximum atomic E-state index is 12.3. The van der Waals surface area contributed by atoms with Crippen LogP contribution in [0.5, 0.6) is 5.75 Å². The second-order valence-corrected chi connectivity index (χ2v) is 7.04. The van der Waals surface area contributed by atoms with E-state index in [4.69, 9.17) is 22.1 Å². The first kappa shape index (κ1) is 21.5. The predicted octanol–water partition coefficient (Wildman–Crippen LogP) is 2.81. The minimum atomic E-state index is -0.0343. The van der Waals surface area contributed by atoms with E-state index in [1.165, 1.54) is 5.56 Å². The number of carbonyl (C=O) groups is 1. The number of benzene rings is 2. The summed E-state index contributed by atoms with van der Waals surface area (Å²) in [6.45, 7) is 2.22. The first-order valence-corrected chi connectivity index (χ1v) is 9.06. The van der Waals surface area contributed by atoms with Gasteiger partial charge < -0.3 is 15.8 Å². The first-order chi connectivity index (χ1) is 12.6. The molecule has 0 bridgehead atoms. The molecular formula is C20H25Cl2N3O2. The molecule has 0 radical (unpaired) electrons. The van der Waals surface area contributed by atoms with Gasteiger partial charge in [0, 0.05) is 42.2 Å². The van der Waals surface area contributed by atoms with E-state index >= 15 is 0 Å². The quantitative estimate of drug-likeness (QED) is 0.769. The summed E-state index contributed by atoms with van der Waals surface area (Å²) in [5, 5.41) is 3.55. The van der Waals surface area contributed by atoms with Crippen LogP contribution in [0.15, 0.2) is 48.5 Å². The van der Waals surface area contributed by atoms with Crippen LogP contribution in [0.1, 0.15) is 17.0 Å². The minimum absolute atomic E-state index is 0. The number of carbonyl (C=O) groups excluding carboxylic acids is 1. The zero-order valence-electron chi connectivity index (χ0n) is 15.2. The third-order valence-electron chi connectivity index (χ3n) is 4.75. The van der Waals surface area contributed by atoms with Crippen molar-refractivity contribution in [2.24, 2.45) is 5.73 Å². The number of halogens is 2. The van der Waals surface area contributed by atoms with Crippen molar-refractivity contribution in [2.75, 3.05) is 26.7 Å². The number of rotatable bonds is 6. The van der Waals surface area contributed by atoms with Crippen molar-refractivity contribution >= 4 is 29.9 Å². The Balaban J connectivity index is 0.00000261. The van der Waals surface area contributed by atoms with Gasteiger partial charge in [-0.1, -0.05) is 41.9 Å². The molecule has 0 unspecified atom stereocenters. The van der Waals surface area contributed by atoms with E-state index < -0.39 is 0 Å². The van der Waals surface area contributed by atoms with Crippen LogP contribution in [0.25, 0.3) is 0 Å². The molecule has 1 amide bonds. The summed E-state index contributed by atoms with van der Waals surface area (Å²) in [6, 6.07) is 15.6. The lowest BCUT2D eigenvalue weighted by Gasteiger charge is -2.16. The maximum absolute atomic E-state index is 12.3. The summed E-state index contributed by atoms with van der Waals surface area (Å²) in [5.41, 5.74) is 8.38. The fourth-order valence-electron chi connectivity index (χ4n) is 3.43. The van der Waals surface area contributed by atoms with E-state index in [1.54, 1.807) is 25.3 Å². The minimum Gasteiger partial charge on any atom is -0.496 e. The lowest BCUT2D eigenvalue weighted by atomic mass is 9.95. The van der Waals surface area contributed by atoms with E-state index in [9.17, 15) is 4.79 Å². The van der Waals surface area contributed by atoms with Gasteiger partial charge in [-0.15, -0.1) is 12.4 Å². The Bertz CT molecular complexity index is 758. The van der Waals surface area contributed by atoms with Crippen molar-refractivity contribution in [1.82, 2.24) is 10.2 Å². The Hall–Kier alpha value is -1.79. The number of amides is 1. The van der Waals surface area contributed by atoms with Crippen molar-refractivity contribution in [3.8, 4) is 5.75 Å². The number of methoxy groups -OCH3 is 1. The van der Waals surface area contributed by atoms with Crippen LogP contribution in [-0.4, -0.2) is 43.6 Å². The molecule has 0 aromatic heterocycles. The van der Waals surface area contributed by atoms with E-state index in [0.29, 0.717) is 30.4 Å². The Morgan fingerprint density at radius 3 is 2.70 bits per heavy atom. The van der Waals surface area contributed by atoms with Gasteiger partial charge >= 0.3 is 0 Å². The SMILES string of the molecule is COc1ccc(Cl)cc1CNC(=O)CN1C[C@@H](N)[C@H](c2ccccc2)C1.Cl. The molecule has 2 aromatic rings. The van der Waals surface area contributed by atoms with Crippen LogP contribution in [0, 0.1) is 0 Å². The second kappa shape index (κ2) is 9.95. The molecule has 0 spiro atoms. The predicted molar refractivity (Wildman–Crippen MR) is 111 cm³/mol. The van der Waals surface area contributed by atoms with Crippen molar-refractivity contribution in [1.29, 1.82) is 0 Å². The number of nitrogens with zero attached hydrogens (tertiary/aromatic N) is 1. The fourth-order valence-corrected chi connectivity index (χ4v) is 3.63. The normalized spacial score (nSPS) is 19.4. The molecule has 146 valence electrons. The molecule has 27 heavy (non-hydrogen) atoms. The Morgan fingerprint density at radius 2 is 2.00 bits per heavy atom. The van der Waals surface area contributed by atoms with Crippen molar-refractivity contribution in [3.63, 3.8) is 0 Å². The van der Waals surface area contributed by atoms with Crippen LogP contribution in [0.3, 0.4) is 0 Å². The van der Waals surface area contributed by atoms with Crippen molar-refractivity contribution in [2.45, 2.75) is 18.5 Å². The Kier molecular flexibility index (Phi) is 7.92. The molecule has 2 atom stereocenters. The van der Waals surface area contributed by atoms with Crippen LogP contribution in [-0.2, 0) is 11.3 Å². The number of nitrogens with one attached hydrogen (secondary N) is 1. The molecule has 3 rings (SSSR count). The average molecular weight is 410 g/mol. The van der Waals surface area contributed by atoms with Gasteiger partial charge in [-0.3, -0.25) is 9.69 Å². The second-order valence-electron chi connectivity index (χ2n) is 6.61. The largest absolute Gasteiger partial charge is 0.496 e. The molecule has 5 nitrogen and oxygen atoms in total. The van der Waals surface area contributed by atoms with Gasteiger partial charge in [-0.05, 0) is 23.8 Å². The standard InChI is InChI=1S/C20H24ClN3O2.ClH/c1-26-19-8-7-16(21)9-15(19)10-23-20(25)13-24-11-17(18(22)12-24)14-5-3-2-4-6-14;/h2-9,17-18H,10-13,22H2,1H3,(H,23,25);1H/t17-,18+;/m0./s1. The monoisotopic (exact) mass is 409 g/mol. The highest BCUT2D eigenvalue weighted by molar-refractivity contribution is 6.30. The lowest BCUT2D eigenvalue weighted by molar-refractivity contribution is -0.122. The highest BCUT2D eigenvalue weighted by Gasteiger charge is 2.31. The molecule has 1 aliphatic heterocycles. The molecule has 0 saturated carbocycles. The molecule has 2 aromatic carbocycles. The smallest absolute Gasteiger partial charge is 0.234 e. The number of likely N-dealkylation sites (tertiary alicyclic amines) is 1. The lowest BCUT2D eigenvalue weighted by Crippen LogP contribution is -2.37. The van der Waals surface area contributed by atoms with Gasteiger partial charge in [-0.25, -0.2) is 0 Å². The van der Waals surface area contributed by atoms with Gasteiger partial charge in [0.15, 0.2) is 0 Å². The third kappa shape index (κ3) is 5.59. The summed E-state index contributed by atoms with van der Waals surface area (Å²) in [5.74, 6) is 0.937. The Morgan fingerprint density at radius 1 is 1.26 bits per heavy atom. The topological polar surface area (TPSA) is 67.6 Å².